The van der Waals surface area contributed by atoms with E-state index in [9.17, 15) is 38.7 Å². The summed E-state index contributed by atoms with van der Waals surface area (Å²) in [5.74, 6) is -7.23. The van der Waals surface area contributed by atoms with Gasteiger partial charge in [-0.2, -0.15) is 0 Å². The Kier molecular flexibility index (Phi) is 18.6. The van der Waals surface area contributed by atoms with Gasteiger partial charge < -0.3 is 51.5 Å². The van der Waals surface area contributed by atoms with Crippen LogP contribution in [0.1, 0.15) is 70.1 Å². The standard InChI is InChI=1S/C51H64Cl2N8O10/c1-27(2)41-51(70)71-29(4)42(58-45(64)37(56-44(63)28(3)54-5)24-32-13-10-14-35(53)23-32)47(66)59-43(33-17-18-33)48(67)55-36-21-22-40(62)61(49(36)68)39(26-31-15-19-34(52)20-16-31)50(69)60(6)38(46(65)57-41)25-30-11-8-7-9-12-30/h7-16,19-20,23,27-29,33,36-43,54,62H,17-18,21-22,24-26H2,1-6H3,(H,55,67)(H,56,63)(H,57,65)(H,58,64)(H,59,66)/t28-,29+,36-,37-,38-,39-,40+,41-,42-,43-/m0/s1. The fourth-order valence-corrected chi connectivity index (χ4v) is 9.11. The van der Waals surface area contributed by atoms with Crippen LogP contribution < -0.4 is 31.9 Å². The molecule has 0 radical (unpaired) electrons. The Bertz CT molecular complexity index is 2420. The van der Waals surface area contributed by atoms with Crippen LogP contribution in [-0.4, -0.2) is 137 Å². The molecule has 2 heterocycles. The first-order chi connectivity index (χ1) is 33.8. The average molecular weight is 1020 g/mol. The van der Waals surface area contributed by atoms with E-state index in [1.165, 1.54) is 18.9 Å². The van der Waals surface area contributed by atoms with Crippen molar-refractivity contribution in [2.75, 3.05) is 14.1 Å². The minimum absolute atomic E-state index is 0.0154. The SMILES string of the molecule is CN[C@@H](C)C(=O)N[C@@H](Cc1cccc(Cl)c1)C(=O)N[C@@H]1C(=O)N[C@@H](C2CC2)C(=O)N[C@H]2CC[C@@H](O)N(C2=O)[C@@H](Cc2ccc(Cl)cc2)C(=O)N(C)[C@@H](Cc2ccccc2)C(=O)N[C@@H](C(C)C)C(=O)O[C@@H]1C. The maximum atomic E-state index is 15.1. The van der Waals surface area contributed by atoms with E-state index in [4.69, 9.17) is 27.9 Å². The Balaban J connectivity index is 1.42. The number of piperidine rings is 1. The summed E-state index contributed by atoms with van der Waals surface area (Å²) < 4.78 is 5.97. The van der Waals surface area contributed by atoms with Crippen LogP contribution in [0.5, 0.6) is 0 Å². The van der Waals surface area contributed by atoms with Crippen LogP contribution in [0.15, 0.2) is 78.9 Å². The van der Waals surface area contributed by atoms with Crippen molar-refractivity contribution in [2.24, 2.45) is 11.8 Å². The number of rotatable bonds is 13. The molecule has 1 saturated carbocycles. The van der Waals surface area contributed by atoms with Crippen molar-refractivity contribution in [3.8, 4) is 0 Å². The first-order valence-electron chi connectivity index (χ1n) is 24.0. The highest BCUT2D eigenvalue weighted by Gasteiger charge is 2.47. The van der Waals surface area contributed by atoms with Gasteiger partial charge in [-0.05, 0) is 99.4 Å². The first kappa shape index (κ1) is 54.3. The van der Waals surface area contributed by atoms with Crippen molar-refractivity contribution in [3.05, 3.63) is 106 Å². The molecule has 18 nitrogen and oxygen atoms in total. The lowest BCUT2D eigenvalue weighted by Crippen LogP contribution is -2.65. The molecule has 3 aromatic rings. The fraction of sp³-hybridized carbons (Fsp3) is 0.490. The number of hydrogen-bond acceptors (Lipinski definition) is 11. The summed E-state index contributed by atoms with van der Waals surface area (Å²) in [6, 6.07) is 11.9. The summed E-state index contributed by atoms with van der Waals surface area (Å²) in [7, 11) is 2.98. The molecule has 10 atom stereocenters. The van der Waals surface area contributed by atoms with Crippen LogP contribution in [0.25, 0.3) is 0 Å². The Morgan fingerprint density at radius 2 is 1.39 bits per heavy atom. The minimum atomic E-state index is -1.68. The number of benzene rings is 3. The zero-order chi connectivity index (χ0) is 51.7. The molecule has 3 aliphatic rings. The predicted molar refractivity (Wildman–Crippen MR) is 264 cm³/mol. The van der Waals surface area contributed by atoms with Gasteiger partial charge in [0.15, 0.2) is 0 Å². The van der Waals surface area contributed by atoms with E-state index in [0.29, 0.717) is 39.6 Å². The van der Waals surface area contributed by atoms with E-state index in [0.717, 1.165) is 4.90 Å². The molecule has 0 unspecified atom stereocenters. The molecule has 1 aliphatic carbocycles. The zero-order valence-corrected chi connectivity index (χ0v) is 42.2. The Morgan fingerprint density at radius 1 is 0.746 bits per heavy atom. The van der Waals surface area contributed by atoms with E-state index in [2.05, 4.69) is 31.9 Å². The molecule has 3 fully saturated rings. The maximum absolute atomic E-state index is 15.1. The van der Waals surface area contributed by atoms with E-state index >= 15 is 4.79 Å². The summed E-state index contributed by atoms with van der Waals surface area (Å²) in [4.78, 5) is 118. The third kappa shape index (κ3) is 14.1. The average Bonchev–Trinajstić information content (AvgIpc) is 4.19. The molecule has 382 valence electrons. The summed E-state index contributed by atoms with van der Waals surface area (Å²) in [5.41, 5.74) is 1.82. The normalized spacial score (nSPS) is 25.9. The van der Waals surface area contributed by atoms with Crippen molar-refractivity contribution in [2.45, 2.75) is 133 Å². The van der Waals surface area contributed by atoms with Crippen molar-refractivity contribution < 1.29 is 48.2 Å². The third-order valence-corrected chi connectivity index (χ3v) is 13.8. The quantitative estimate of drug-likeness (QED) is 0.123. The second-order valence-electron chi connectivity index (χ2n) is 19.0. The number of nitrogens with one attached hydrogen (secondary N) is 6. The summed E-state index contributed by atoms with van der Waals surface area (Å²) in [6.45, 7) is 6.29. The number of likely N-dealkylation sites (N-methyl/N-ethyl adjacent to an activating group) is 2. The maximum Gasteiger partial charge on any atom is 0.329 e. The van der Waals surface area contributed by atoms with E-state index in [1.807, 2.05) is 0 Å². The molecule has 7 amide bonds. The van der Waals surface area contributed by atoms with Gasteiger partial charge in [0.05, 0.1) is 6.04 Å². The van der Waals surface area contributed by atoms with Crippen LogP contribution in [0.3, 0.4) is 0 Å². The first-order valence-corrected chi connectivity index (χ1v) is 24.7. The lowest BCUT2D eigenvalue weighted by atomic mass is 9.95. The Hall–Kier alpha value is -6.08. The topological polar surface area (TPSA) is 245 Å². The number of amides is 7. The zero-order valence-electron chi connectivity index (χ0n) is 40.7. The van der Waals surface area contributed by atoms with Gasteiger partial charge in [-0.25, -0.2) is 4.79 Å². The number of fused-ring (bicyclic) bond motifs is 2. The van der Waals surface area contributed by atoms with Gasteiger partial charge in [0.1, 0.15) is 54.6 Å². The largest absolute Gasteiger partial charge is 0.458 e. The second-order valence-corrected chi connectivity index (χ2v) is 19.8. The molecule has 6 rings (SSSR count). The van der Waals surface area contributed by atoms with Gasteiger partial charge in [-0.3, -0.25) is 33.6 Å². The molecule has 0 spiro atoms. The molecule has 20 heteroatoms. The lowest BCUT2D eigenvalue weighted by Gasteiger charge is -2.43. The number of aliphatic hydroxyl groups excluding tert-OH is 1. The van der Waals surface area contributed by atoms with E-state index in [1.54, 1.807) is 107 Å². The molecule has 2 aliphatic heterocycles. The third-order valence-electron chi connectivity index (χ3n) is 13.3. The monoisotopic (exact) mass is 1020 g/mol. The van der Waals surface area contributed by atoms with Crippen LogP contribution in [-0.2, 0) is 62.4 Å². The number of carbonyl (C=O) groups is 8. The molecule has 0 aromatic heterocycles. The summed E-state index contributed by atoms with van der Waals surface area (Å²) in [5, 5.41) is 28.9. The van der Waals surface area contributed by atoms with Crippen molar-refractivity contribution in [1.82, 2.24) is 41.7 Å². The van der Waals surface area contributed by atoms with Gasteiger partial charge in [0, 0.05) is 36.4 Å². The molecule has 3 aromatic carbocycles. The Morgan fingerprint density at radius 3 is 2.03 bits per heavy atom. The van der Waals surface area contributed by atoms with Gasteiger partial charge in [0.2, 0.25) is 41.4 Å². The van der Waals surface area contributed by atoms with Gasteiger partial charge in [-0.15, -0.1) is 0 Å². The number of carbonyl (C=O) groups excluding carboxylic acids is 8. The van der Waals surface area contributed by atoms with Crippen molar-refractivity contribution in [1.29, 1.82) is 0 Å². The molecular weight excluding hydrogens is 956 g/mol. The van der Waals surface area contributed by atoms with Crippen molar-refractivity contribution in [3.63, 3.8) is 0 Å². The molecular formula is C51H64Cl2N8O10. The number of esters is 1. The molecule has 7 N–H and O–H groups in total. The summed E-state index contributed by atoms with van der Waals surface area (Å²) >= 11 is 12.5. The molecule has 2 bridgehead atoms. The number of cyclic esters (lactones) is 1. The molecule has 71 heavy (non-hydrogen) atoms. The van der Waals surface area contributed by atoms with Crippen LogP contribution in [0.2, 0.25) is 10.0 Å². The van der Waals surface area contributed by atoms with Gasteiger partial charge >= 0.3 is 5.97 Å². The predicted octanol–water partition coefficient (Wildman–Crippen LogP) is 2.20. The number of halogens is 2. The highest BCUT2D eigenvalue weighted by molar-refractivity contribution is 6.30. The lowest BCUT2D eigenvalue weighted by molar-refractivity contribution is -0.165. The number of aliphatic hydroxyl groups is 1. The van der Waals surface area contributed by atoms with Crippen LogP contribution in [0, 0.1) is 11.8 Å². The smallest absolute Gasteiger partial charge is 0.329 e. The molecule has 2 saturated heterocycles. The highest BCUT2D eigenvalue weighted by Crippen LogP contribution is 2.34. The van der Waals surface area contributed by atoms with Crippen LogP contribution >= 0.6 is 23.2 Å². The van der Waals surface area contributed by atoms with Gasteiger partial charge in [-0.1, -0.05) is 91.6 Å². The fourth-order valence-electron chi connectivity index (χ4n) is 8.77. The Labute approximate surface area is 423 Å². The highest BCUT2D eigenvalue weighted by atomic mass is 35.5. The van der Waals surface area contributed by atoms with Gasteiger partial charge in [0.25, 0.3) is 0 Å². The number of hydrogen-bond donors (Lipinski definition) is 7. The minimum Gasteiger partial charge on any atom is -0.458 e. The second kappa shape index (κ2) is 24.4. The van der Waals surface area contributed by atoms with E-state index in [-0.39, 0.29) is 38.0 Å². The number of nitrogens with zero attached hydrogens (tertiary/aromatic N) is 2. The van der Waals surface area contributed by atoms with Crippen LogP contribution in [0.4, 0.5) is 0 Å². The number of ether oxygens (including phenoxy) is 1. The van der Waals surface area contributed by atoms with Crippen molar-refractivity contribution >= 4 is 70.5 Å². The summed E-state index contributed by atoms with van der Waals surface area (Å²) in [6.07, 6.45) is -2.14. The van der Waals surface area contributed by atoms with E-state index < -0.39 is 114 Å².